The molecule has 0 fully saturated rings. The first-order valence-electron chi connectivity index (χ1n) is 5.81. The monoisotopic (exact) mass is 289 g/mol. The number of pyridine rings is 1. The number of thioether (sulfide) groups is 1. The van der Waals surface area contributed by atoms with Crippen LogP contribution in [-0.2, 0) is 6.54 Å². The van der Waals surface area contributed by atoms with Crippen LogP contribution in [0.25, 0.3) is 5.65 Å². The molecular formula is C12H14F3N3S. The van der Waals surface area contributed by atoms with Crippen LogP contribution in [0.5, 0.6) is 0 Å². The van der Waals surface area contributed by atoms with Crippen molar-refractivity contribution in [2.45, 2.75) is 19.0 Å². The molecule has 0 saturated heterocycles. The highest BCUT2D eigenvalue weighted by atomic mass is 32.2. The molecule has 7 heteroatoms. The summed E-state index contributed by atoms with van der Waals surface area (Å²) in [6, 6.07) is 5.70. The first-order chi connectivity index (χ1) is 8.97. The maximum Gasteiger partial charge on any atom is 0.441 e. The SMILES string of the molecule is Cc1nc2ccccn2c1CNCCSC(F)(F)F. The van der Waals surface area contributed by atoms with Gasteiger partial charge >= 0.3 is 5.51 Å². The largest absolute Gasteiger partial charge is 0.441 e. The molecule has 3 nitrogen and oxygen atoms in total. The molecule has 0 aliphatic carbocycles. The van der Waals surface area contributed by atoms with E-state index in [9.17, 15) is 13.2 Å². The molecule has 0 atom stereocenters. The zero-order chi connectivity index (χ0) is 13.9. The molecule has 1 N–H and O–H groups in total. The maximum atomic E-state index is 11.9. The summed E-state index contributed by atoms with van der Waals surface area (Å²) in [7, 11) is 0. The first kappa shape index (κ1) is 14.2. The maximum absolute atomic E-state index is 11.9. The molecule has 0 radical (unpaired) electrons. The Morgan fingerprint density at radius 1 is 1.37 bits per heavy atom. The molecule has 2 rings (SSSR count). The van der Waals surface area contributed by atoms with Crippen LogP contribution in [0, 0.1) is 6.92 Å². The van der Waals surface area contributed by atoms with Crippen LogP contribution in [0.3, 0.4) is 0 Å². The van der Waals surface area contributed by atoms with Crippen molar-refractivity contribution in [2.75, 3.05) is 12.3 Å². The van der Waals surface area contributed by atoms with E-state index in [2.05, 4.69) is 10.3 Å². The van der Waals surface area contributed by atoms with Gasteiger partial charge in [0.25, 0.3) is 0 Å². The Balaban J connectivity index is 1.90. The van der Waals surface area contributed by atoms with Gasteiger partial charge in [0, 0.05) is 25.0 Å². The van der Waals surface area contributed by atoms with Crippen molar-refractivity contribution in [3.63, 3.8) is 0 Å². The second kappa shape index (κ2) is 5.83. The summed E-state index contributed by atoms with van der Waals surface area (Å²) in [5.41, 5.74) is -1.43. The van der Waals surface area contributed by atoms with Gasteiger partial charge in [-0.15, -0.1) is 0 Å². The first-order valence-corrected chi connectivity index (χ1v) is 6.80. The summed E-state index contributed by atoms with van der Waals surface area (Å²) < 4.78 is 37.8. The standard InChI is InChI=1S/C12H14F3N3S/c1-9-10(8-16-5-7-19-12(13,14)15)18-6-3-2-4-11(18)17-9/h2-4,6,16H,5,7-8H2,1H3. The number of fused-ring (bicyclic) bond motifs is 1. The number of nitrogens with zero attached hydrogens (tertiary/aromatic N) is 2. The molecule has 0 saturated carbocycles. The average molecular weight is 289 g/mol. The van der Waals surface area contributed by atoms with Gasteiger partial charge in [-0.05, 0) is 30.8 Å². The number of hydrogen-bond acceptors (Lipinski definition) is 3. The van der Waals surface area contributed by atoms with Gasteiger partial charge in [-0.25, -0.2) is 4.98 Å². The van der Waals surface area contributed by atoms with E-state index in [0.29, 0.717) is 13.1 Å². The van der Waals surface area contributed by atoms with Gasteiger partial charge < -0.3 is 9.72 Å². The third-order valence-corrected chi connectivity index (χ3v) is 3.40. The molecular weight excluding hydrogens is 275 g/mol. The van der Waals surface area contributed by atoms with Gasteiger partial charge in [0.05, 0.1) is 11.4 Å². The Hall–Kier alpha value is -1.21. The molecule has 104 valence electrons. The van der Waals surface area contributed by atoms with E-state index in [4.69, 9.17) is 0 Å². The Labute approximate surface area is 113 Å². The minimum Gasteiger partial charge on any atom is -0.310 e. The lowest BCUT2D eigenvalue weighted by Gasteiger charge is -2.07. The molecule has 2 heterocycles. The van der Waals surface area contributed by atoms with E-state index >= 15 is 0 Å². The third-order valence-electron chi connectivity index (χ3n) is 2.67. The number of aryl methyl sites for hydroxylation is 1. The van der Waals surface area contributed by atoms with Crippen LogP contribution in [0.4, 0.5) is 13.2 Å². The van der Waals surface area contributed by atoms with Crippen LogP contribution >= 0.6 is 11.8 Å². The zero-order valence-corrected chi connectivity index (χ0v) is 11.2. The van der Waals surface area contributed by atoms with Crippen LogP contribution in [0.1, 0.15) is 11.4 Å². The van der Waals surface area contributed by atoms with Crippen LogP contribution < -0.4 is 5.32 Å². The number of halogens is 3. The lowest BCUT2D eigenvalue weighted by atomic mass is 10.3. The van der Waals surface area contributed by atoms with Crippen LogP contribution in [0.2, 0.25) is 0 Å². The van der Waals surface area contributed by atoms with Crippen molar-refractivity contribution in [3.8, 4) is 0 Å². The zero-order valence-electron chi connectivity index (χ0n) is 10.4. The summed E-state index contributed by atoms with van der Waals surface area (Å²) in [4.78, 5) is 4.39. The minimum atomic E-state index is -4.15. The predicted molar refractivity (Wildman–Crippen MR) is 70.1 cm³/mol. The number of hydrogen-bond donors (Lipinski definition) is 1. The topological polar surface area (TPSA) is 29.3 Å². The Morgan fingerprint density at radius 3 is 2.89 bits per heavy atom. The number of rotatable bonds is 5. The molecule has 0 aliphatic rings. The molecule has 0 unspecified atom stereocenters. The number of aromatic nitrogens is 2. The van der Waals surface area contributed by atoms with Gasteiger partial charge in [-0.3, -0.25) is 0 Å². The van der Waals surface area contributed by atoms with Crippen molar-refractivity contribution < 1.29 is 13.2 Å². The second-order valence-electron chi connectivity index (χ2n) is 4.04. The summed E-state index contributed by atoms with van der Waals surface area (Å²) in [5, 5.41) is 3.01. The molecule has 2 aromatic rings. The lowest BCUT2D eigenvalue weighted by molar-refractivity contribution is -0.0327. The lowest BCUT2D eigenvalue weighted by Crippen LogP contribution is -2.19. The fourth-order valence-electron chi connectivity index (χ4n) is 1.82. The van der Waals surface area contributed by atoms with E-state index in [1.807, 2.05) is 35.7 Å². The highest BCUT2D eigenvalue weighted by molar-refractivity contribution is 8.00. The van der Waals surface area contributed by atoms with E-state index in [0.717, 1.165) is 17.0 Å². The fourth-order valence-corrected chi connectivity index (χ4v) is 2.30. The van der Waals surface area contributed by atoms with Gasteiger partial charge in [-0.1, -0.05) is 6.07 Å². The van der Waals surface area contributed by atoms with Gasteiger partial charge in [-0.2, -0.15) is 13.2 Å². The van der Waals surface area contributed by atoms with Gasteiger partial charge in [0.15, 0.2) is 0 Å². The van der Waals surface area contributed by atoms with Crippen molar-refractivity contribution in [3.05, 3.63) is 35.8 Å². The fraction of sp³-hybridized carbons (Fsp3) is 0.417. The van der Waals surface area contributed by atoms with Crippen LogP contribution in [-0.4, -0.2) is 27.2 Å². The summed E-state index contributed by atoms with van der Waals surface area (Å²) >= 11 is -0.00634. The van der Waals surface area contributed by atoms with Crippen LogP contribution in [0.15, 0.2) is 24.4 Å². The minimum absolute atomic E-state index is 0.00634. The van der Waals surface area contributed by atoms with Crippen molar-refractivity contribution in [1.82, 2.24) is 14.7 Å². The quantitative estimate of drug-likeness (QED) is 0.858. The number of alkyl halides is 3. The van der Waals surface area contributed by atoms with Crippen molar-refractivity contribution in [2.24, 2.45) is 0 Å². The van der Waals surface area contributed by atoms with Crippen molar-refractivity contribution >= 4 is 17.4 Å². The van der Waals surface area contributed by atoms with Gasteiger partial charge in [0.2, 0.25) is 0 Å². The van der Waals surface area contributed by atoms with E-state index in [1.54, 1.807) is 0 Å². The normalized spacial score (nSPS) is 12.2. The molecule has 19 heavy (non-hydrogen) atoms. The molecule has 0 bridgehead atoms. The Morgan fingerprint density at radius 2 is 2.16 bits per heavy atom. The number of imidazole rings is 1. The van der Waals surface area contributed by atoms with Gasteiger partial charge in [0.1, 0.15) is 5.65 Å². The summed E-state index contributed by atoms with van der Waals surface area (Å²) in [6.45, 7) is 2.72. The van der Waals surface area contributed by atoms with E-state index < -0.39 is 5.51 Å². The molecule has 0 spiro atoms. The average Bonchev–Trinajstić information content (AvgIpc) is 2.64. The number of nitrogens with one attached hydrogen (secondary N) is 1. The van der Waals surface area contributed by atoms with Crippen molar-refractivity contribution in [1.29, 1.82) is 0 Å². The van der Waals surface area contributed by atoms with E-state index in [1.165, 1.54) is 0 Å². The molecule has 0 amide bonds. The molecule has 2 aromatic heterocycles. The summed E-state index contributed by atoms with van der Waals surface area (Å²) in [5.74, 6) is 0.0132. The third kappa shape index (κ3) is 3.87. The predicted octanol–water partition coefficient (Wildman–Crippen LogP) is 2.99. The Bertz CT molecular complexity index is 551. The molecule has 0 aromatic carbocycles. The Kier molecular flexibility index (Phi) is 4.36. The van der Waals surface area contributed by atoms with E-state index in [-0.39, 0.29) is 17.5 Å². The highest BCUT2D eigenvalue weighted by Gasteiger charge is 2.27. The second-order valence-corrected chi connectivity index (χ2v) is 5.20. The highest BCUT2D eigenvalue weighted by Crippen LogP contribution is 2.29. The summed E-state index contributed by atoms with van der Waals surface area (Å²) in [6.07, 6.45) is 1.90. The molecule has 0 aliphatic heterocycles. The smallest absolute Gasteiger partial charge is 0.310 e.